The van der Waals surface area contributed by atoms with E-state index >= 15 is 0 Å². The van der Waals surface area contributed by atoms with E-state index in [0.717, 1.165) is 0 Å². The quantitative estimate of drug-likeness (QED) is 0.778. The molecular formula is C21H25ClN6O2. The van der Waals surface area contributed by atoms with Gasteiger partial charge in [0.05, 0.1) is 11.7 Å². The second-order valence-corrected chi connectivity index (χ2v) is 8.61. The van der Waals surface area contributed by atoms with E-state index in [2.05, 4.69) is 20.6 Å². The average molecular weight is 429 g/mol. The standard InChI is InChI=1S/C21H25ClN6O2/c1-11(2)17-19(29)25-16-12(3)23-21(26-18(16)27(17)4)24-15-9-28(10-15)20(30)13-5-7-14(22)8-6-13/h5-8,11,15,17H,9-10H2,1-4H3,(H,25,29)(H,23,24,26). The summed E-state index contributed by atoms with van der Waals surface area (Å²) in [6.07, 6.45) is 0. The molecule has 2 amide bonds. The van der Waals surface area contributed by atoms with E-state index in [0.29, 0.717) is 46.8 Å². The SMILES string of the molecule is Cc1nc(NC2CN(C(=O)c3ccc(Cl)cc3)C2)nc2c1NC(=O)C(C(C)C)N2C. The molecule has 1 fully saturated rings. The Labute approximate surface area is 180 Å². The maximum Gasteiger partial charge on any atom is 0.253 e. The number of carbonyl (C=O) groups excluding carboxylic acids is 2. The van der Waals surface area contributed by atoms with Gasteiger partial charge in [0.25, 0.3) is 5.91 Å². The van der Waals surface area contributed by atoms with E-state index in [9.17, 15) is 9.59 Å². The molecule has 2 aliphatic rings. The van der Waals surface area contributed by atoms with Crippen LogP contribution in [0, 0.1) is 12.8 Å². The van der Waals surface area contributed by atoms with Gasteiger partial charge in [-0.1, -0.05) is 25.4 Å². The number of aryl methyl sites for hydroxylation is 1. The first-order chi connectivity index (χ1) is 14.2. The van der Waals surface area contributed by atoms with Crippen molar-refractivity contribution >= 4 is 40.9 Å². The molecule has 2 aromatic rings. The number of likely N-dealkylation sites (tertiary alicyclic amines) is 1. The van der Waals surface area contributed by atoms with E-state index in [-0.39, 0.29) is 29.8 Å². The van der Waals surface area contributed by atoms with E-state index < -0.39 is 0 Å². The summed E-state index contributed by atoms with van der Waals surface area (Å²) in [5, 5.41) is 6.87. The summed E-state index contributed by atoms with van der Waals surface area (Å²) in [7, 11) is 1.88. The summed E-state index contributed by atoms with van der Waals surface area (Å²) < 4.78 is 0. The summed E-state index contributed by atoms with van der Waals surface area (Å²) in [5.74, 6) is 1.29. The van der Waals surface area contributed by atoms with E-state index in [1.54, 1.807) is 29.2 Å². The largest absolute Gasteiger partial charge is 0.348 e. The molecule has 1 unspecified atom stereocenters. The van der Waals surface area contributed by atoms with E-state index in [1.807, 2.05) is 32.7 Å². The predicted molar refractivity (Wildman–Crippen MR) is 117 cm³/mol. The number of likely N-dealkylation sites (N-methyl/N-ethyl adjacent to an activating group) is 1. The van der Waals surface area contributed by atoms with Crippen molar-refractivity contribution in [1.29, 1.82) is 0 Å². The van der Waals surface area contributed by atoms with Gasteiger partial charge in [0.2, 0.25) is 11.9 Å². The number of halogens is 1. The summed E-state index contributed by atoms with van der Waals surface area (Å²) >= 11 is 5.89. The van der Waals surface area contributed by atoms with Crippen LogP contribution in [0.5, 0.6) is 0 Å². The number of hydrogen-bond acceptors (Lipinski definition) is 6. The molecular weight excluding hydrogens is 404 g/mol. The normalized spacial score (nSPS) is 18.7. The number of carbonyl (C=O) groups is 2. The number of amides is 2. The minimum atomic E-state index is -0.282. The zero-order chi connectivity index (χ0) is 21.6. The van der Waals surface area contributed by atoms with Crippen LogP contribution in [0.15, 0.2) is 24.3 Å². The summed E-state index contributed by atoms with van der Waals surface area (Å²) in [5.41, 5.74) is 1.98. The number of anilines is 3. The van der Waals surface area contributed by atoms with Crippen LogP contribution in [0.1, 0.15) is 29.9 Å². The third-order valence-corrected chi connectivity index (χ3v) is 5.82. The van der Waals surface area contributed by atoms with Gasteiger partial charge in [-0.05, 0) is 37.1 Å². The van der Waals surface area contributed by atoms with Gasteiger partial charge in [0.15, 0.2) is 5.82 Å². The Kier molecular flexibility index (Phi) is 5.27. The van der Waals surface area contributed by atoms with Crippen molar-refractivity contribution in [2.45, 2.75) is 32.9 Å². The van der Waals surface area contributed by atoms with Gasteiger partial charge in [0.1, 0.15) is 11.7 Å². The molecule has 8 nitrogen and oxygen atoms in total. The third kappa shape index (κ3) is 3.67. The molecule has 0 saturated carbocycles. The summed E-state index contributed by atoms with van der Waals surface area (Å²) in [6, 6.07) is 6.69. The molecule has 4 rings (SSSR count). The first-order valence-corrected chi connectivity index (χ1v) is 10.4. The number of benzene rings is 1. The molecule has 1 saturated heterocycles. The van der Waals surface area contributed by atoms with Crippen LogP contribution in [-0.2, 0) is 4.79 Å². The third-order valence-electron chi connectivity index (χ3n) is 5.56. The van der Waals surface area contributed by atoms with Gasteiger partial charge in [0, 0.05) is 30.7 Å². The van der Waals surface area contributed by atoms with Gasteiger partial charge in [-0.25, -0.2) is 4.98 Å². The van der Waals surface area contributed by atoms with Crippen LogP contribution in [0.3, 0.4) is 0 Å². The molecule has 2 aliphatic heterocycles. The number of fused-ring (bicyclic) bond motifs is 1. The second-order valence-electron chi connectivity index (χ2n) is 8.18. The molecule has 0 spiro atoms. The van der Waals surface area contributed by atoms with Crippen LogP contribution in [-0.4, -0.2) is 58.9 Å². The smallest absolute Gasteiger partial charge is 0.253 e. The van der Waals surface area contributed by atoms with E-state index in [4.69, 9.17) is 11.6 Å². The lowest BCUT2D eigenvalue weighted by Gasteiger charge is -2.40. The highest BCUT2D eigenvalue weighted by Gasteiger charge is 2.36. The summed E-state index contributed by atoms with van der Waals surface area (Å²) in [6.45, 7) is 7.02. The molecule has 1 aromatic heterocycles. The molecule has 158 valence electrons. The Bertz CT molecular complexity index is 988. The van der Waals surface area contributed by atoms with Gasteiger partial charge in [-0.3, -0.25) is 9.59 Å². The zero-order valence-electron chi connectivity index (χ0n) is 17.4. The van der Waals surface area contributed by atoms with Gasteiger partial charge >= 0.3 is 0 Å². The molecule has 30 heavy (non-hydrogen) atoms. The monoisotopic (exact) mass is 428 g/mol. The lowest BCUT2D eigenvalue weighted by Crippen LogP contribution is -2.57. The van der Waals surface area contributed by atoms with Gasteiger partial charge in [-0.2, -0.15) is 4.98 Å². The highest BCUT2D eigenvalue weighted by Crippen LogP contribution is 2.34. The fourth-order valence-electron chi connectivity index (χ4n) is 3.97. The molecule has 1 aromatic carbocycles. The van der Waals surface area contributed by atoms with Crippen LogP contribution in [0.25, 0.3) is 0 Å². The minimum Gasteiger partial charge on any atom is -0.348 e. The van der Waals surface area contributed by atoms with Crippen LogP contribution < -0.4 is 15.5 Å². The molecule has 9 heteroatoms. The van der Waals surface area contributed by atoms with Gasteiger partial charge in [-0.15, -0.1) is 0 Å². The molecule has 1 atom stereocenters. The van der Waals surface area contributed by atoms with Gasteiger partial charge < -0.3 is 20.4 Å². The highest BCUT2D eigenvalue weighted by atomic mass is 35.5. The fraction of sp³-hybridized carbons (Fsp3) is 0.429. The van der Waals surface area contributed by atoms with Crippen molar-refractivity contribution in [3.63, 3.8) is 0 Å². The zero-order valence-corrected chi connectivity index (χ0v) is 18.2. The van der Waals surface area contributed by atoms with Crippen LogP contribution in [0.4, 0.5) is 17.5 Å². The summed E-state index contributed by atoms with van der Waals surface area (Å²) in [4.78, 5) is 37.8. The van der Waals surface area contributed by atoms with Crippen molar-refractivity contribution < 1.29 is 9.59 Å². The lowest BCUT2D eigenvalue weighted by atomic mass is 9.99. The maximum absolute atomic E-state index is 12.5. The Hall–Kier alpha value is -2.87. The number of rotatable bonds is 4. The average Bonchev–Trinajstić information content (AvgIpc) is 2.65. The van der Waals surface area contributed by atoms with Crippen molar-refractivity contribution in [1.82, 2.24) is 14.9 Å². The Morgan fingerprint density at radius 2 is 1.90 bits per heavy atom. The topological polar surface area (TPSA) is 90.5 Å². The number of nitrogens with zero attached hydrogens (tertiary/aromatic N) is 4. The highest BCUT2D eigenvalue weighted by molar-refractivity contribution is 6.30. The Balaban J connectivity index is 1.44. The molecule has 2 N–H and O–H groups in total. The minimum absolute atomic E-state index is 0.0190. The number of hydrogen-bond donors (Lipinski definition) is 2. The second kappa shape index (κ2) is 7.75. The first-order valence-electron chi connectivity index (χ1n) is 9.98. The Morgan fingerprint density at radius 1 is 1.23 bits per heavy atom. The van der Waals surface area contributed by atoms with Crippen molar-refractivity contribution in [2.24, 2.45) is 5.92 Å². The molecule has 0 radical (unpaired) electrons. The molecule has 0 aliphatic carbocycles. The van der Waals surface area contributed by atoms with Crippen molar-refractivity contribution in [3.8, 4) is 0 Å². The van der Waals surface area contributed by atoms with Crippen molar-refractivity contribution in [3.05, 3.63) is 40.5 Å². The van der Waals surface area contributed by atoms with Crippen LogP contribution >= 0.6 is 11.6 Å². The lowest BCUT2D eigenvalue weighted by molar-refractivity contribution is -0.118. The fourth-order valence-corrected chi connectivity index (χ4v) is 4.10. The first kappa shape index (κ1) is 20.4. The Morgan fingerprint density at radius 3 is 2.53 bits per heavy atom. The van der Waals surface area contributed by atoms with Crippen LogP contribution in [0.2, 0.25) is 5.02 Å². The van der Waals surface area contributed by atoms with Crippen molar-refractivity contribution in [2.75, 3.05) is 35.7 Å². The maximum atomic E-state index is 12.5. The molecule has 3 heterocycles. The number of nitrogens with one attached hydrogen (secondary N) is 2. The van der Waals surface area contributed by atoms with E-state index in [1.165, 1.54) is 0 Å². The predicted octanol–water partition coefficient (Wildman–Crippen LogP) is 2.79. The number of aromatic nitrogens is 2. The molecule has 0 bridgehead atoms.